The zero-order chi connectivity index (χ0) is 17.7. The summed E-state index contributed by atoms with van der Waals surface area (Å²) < 4.78 is 4.83. The van der Waals surface area contributed by atoms with Crippen molar-refractivity contribution in [2.75, 3.05) is 26.7 Å². The van der Waals surface area contributed by atoms with Gasteiger partial charge in [-0.05, 0) is 49.3 Å². The van der Waals surface area contributed by atoms with E-state index < -0.39 is 0 Å². The van der Waals surface area contributed by atoms with E-state index in [4.69, 9.17) is 4.74 Å². The molecule has 0 bridgehead atoms. The van der Waals surface area contributed by atoms with E-state index in [0.717, 1.165) is 6.42 Å². The minimum absolute atomic E-state index is 0.0450. The molecule has 132 valence electrons. The average molecular weight is 332 g/mol. The van der Waals surface area contributed by atoms with Crippen molar-refractivity contribution < 1.29 is 14.3 Å². The Morgan fingerprint density at radius 2 is 1.96 bits per heavy atom. The molecule has 1 aromatic carbocycles. The van der Waals surface area contributed by atoms with E-state index in [2.05, 4.69) is 37.4 Å². The fourth-order valence-corrected chi connectivity index (χ4v) is 3.48. The fourth-order valence-electron chi connectivity index (χ4n) is 3.48. The molecule has 1 aromatic rings. The predicted molar refractivity (Wildman–Crippen MR) is 93.9 cm³/mol. The Morgan fingerprint density at radius 3 is 2.54 bits per heavy atom. The summed E-state index contributed by atoms with van der Waals surface area (Å²) in [6, 6.07) is 6.21. The second-order valence-electron chi connectivity index (χ2n) is 6.69. The first kappa shape index (κ1) is 18.3. The van der Waals surface area contributed by atoms with Crippen LogP contribution in [0.1, 0.15) is 30.0 Å². The summed E-state index contributed by atoms with van der Waals surface area (Å²) in [5.41, 5.74) is 3.82. The third-order valence-corrected chi connectivity index (χ3v) is 4.99. The Morgan fingerprint density at radius 1 is 1.29 bits per heavy atom. The molecule has 2 rings (SSSR count). The molecule has 0 aromatic heterocycles. The minimum atomic E-state index is -0.169. The number of nitrogens with zero attached hydrogens (tertiary/aromatic N) is 1. The van der Waals surface area contributed by atoms with Crippen LogP contribution in [0.4, 0.5) is 4.79 Å². The van der Waals surface area contributed by atoms with Gasteiger partial charge >= 0.3 is 12.0 Å². The highest BCUT2D eigenvalue weighted by Crippen LogP contribution is 2.24. The second kappa shape index (κ2) is 8.18. The Kier molecular flexibility index (Phi) is 6.23. The lowest BCUT2D eigenvalue weighted by atomic mass is 9.87. The number of amides is 2. The molecule has 0 aliphatic carbocycles. The van der Waals surface area contributed by atoms with Crippen molar-refractivity contribution in [2.24, 2.45) is 11.8 Å². The van der Waals surface area contributed by atoms with Crippen molar-refractivity contribution in [1.82, 2.24) is 10.2 Å². The van der Waals surface area contributed by atoms with Gasteiger partial charge in [0.15, 0.2) is 0 Å². The number of benzene rings is 1. The quantitative estimate of drug-likeness (QED) is 0.863. The van der Waals surface area contributed by atoms with Crippen molar-refractivity contribution in [3.05, 3.63) is 34.9 Å². The Balaban J connectivity index is 1.82. The van der Waals surface area contributed by atoms with E-state index in [-0.39, 0.29) is 23.8 Å². The highest BCUT2D eigenvalue weighted by molar-refractivity contribution is 5.76. The molecular formula is C19H28N2O3. The van der Waals surface area contributed by atoms with Crippen molar-refractivity contribution in [3.8, 4) is 0 Å². The van der Waals surface area contributed by atoms with Crippen molar-refractivity contribution in [3.63, 3.8) is 0 Å². The molecule has 5 nitrogen and oxygen atoms in total. The topological polar surface area (TPSA) is 58.6 Å². The highest BCUT2D eigenvalue weighted by Gasteiger charge is 2.33. The molecule has 1 fully saturated rings. The number of likely N-dealkylation sites (tertiary alicyclic amines) is 1. The first-order valence-corrected chi connectivity index (χ1v) is 8.59. The largest absolute Gasteiger partial charge is 0.469 e. The van der Waals surface area contributed by atoms with E-state index in [0.29, 0.717) is 26.1 Å². The third kappa shape index (κ3) is 4.28. The normalized spacial score (nSPS) is 20.6. The van der Waals surface area contributed by atoms with E-state index in [9.17, 15) is 9.59 Å². The molecule has 1 aliphatic heterocycles. The maximum Gasteiger partial charge on any atom is 0.317 e. The second-order valence-corrected chi connectivity index (χ2v) is 6.69. The van der Waals surface area contributed by atoms with Crippen molar-refractivity contribution in [2.45, 2.75) is 33.6 Å². The van der Waals surface area contributed by atoms with E-state index in [1.165, 1.54) is 23.8 Å². The van der Waals surface area contributed by atoms with E-state index >= 15 is 0 Å². The van der Waals surface area contributed by atoms with Gasteiger partial charge in [0.2, 0.25) is 0 Å². The molecule has 0 radical (unpaired) electrons. The number of carbonyl (C=O) groups excluding carboxylic acids is 2. The maximum atomic E-state index is 12.3. The number of esters is 1. The number of piperidine rings is 1. The van der Waals surface area contributed by atoms with Crippen molar-refractivity contribution >= 4 is 12.0 Å². The molecule has 2 atom stereocenters. The number of ether oxygens (including phenoxy) is 1. The fraction of sp³-hybridized carbons (Fsp3) is 0.579. The van der Waals surface area contributed by atoms with Gasteiger partial charge in [0, 0.05) is 19.6 Å². The summed E-state index contributed by atoms with van der Waals surface area (Å²) in [7, 11) is 1.42. The minimum Gasteiger partial charge on any atom is -0.469 e. The lowest BCUT2D eigenvalue weighted by molar-refractivity contribution is -0.148. The van der Waals surface area contributed by atoms with E-state index in [1.54, 1.807) is 4.90 Å². The molecular weight excluding hydrogens is 304 g/mol. The van der Waals surface area contributed by atoms with Crippen LogP contribution in [0.5, 0.6) is 0 Å². The molecule has 1 heterocycles. The van der Waals surface area contributed by atoms with Gasteiger partial charge in [0.25, 0.3) is 0 Å². The molecule has 0 spiro atoms. The number of methoxy groups -OCH3 is 1. The van der Waals surface area contributed by atoms with Gasteiger partial charge in [-0.3, -0.25) is 4.79 Å². The number of hydrogen-bond donors (Lipinski definition) is 1. The summed E-state index contributed by atoms with van der Waals surface area (Å²) in [4.78, 5) is 25.9. The summed E-state index contributed by atoms with van der Waals surface area (Å²) in [5.74, 6) is -0.151. The molecule has 2 unspecified atom stereocenters. The van der Waals surface area contributed by atoms with Gasteiger partial charge in [-0.1, -0.05) is 25.1 Å². The smallest absolute Gasteiger partial charge is 0.317 e. The van der Waals surface area contributed by atoms with Crippen LogP contribution in [0.2, 0.25) is 0 Å². The first-order valence-electron chi connectivity index (χ1n) is 8.59. The standard InChI is InChI=1S/C19H28N2O3/c1-13-6-5-7-14(2)16(13)8-10-20-19(23)21-11-9-17(15(3)12-21)18(22)24-4/h5-7,15,17H,8-12H2,1-4H3,(H,20,23). The predicted octanol–water partition coefficient (Wildman–Crippen LogP) is 2.69. The number of carbonyl (C=O) groups is 2. The van der Waals surface area contributed by atoms with Gasteiger partial charge in [0.1, 0.15) is 0 Å². The van der Waals surface area contributed by atoms with Gasteiger partial charge in [-0.25, -0.2) is 4.79 Å². The summed E-state index contributed by atoms with van der Waals surface area (Å²) in [5, 5.41) is 3.00. The molecule has 0 saturated carbocycles. The lowest BCUT2D eigenvalue weighted by Crippen LogP contribution is -2.49. The van der Waals surface area contributed by atoms with Crippen LogP contribution in [0, 0.1) is 25.7 Å². The zero-order valence-corrected chi connectivity index (χ0v) is 15.1. The number of hydrogen-bond acceptors (Lipinski definition) is 3. The molecule has 2 amide bonds. The van der Waals surface area contributed by atoms with Crippen molar-refractivity contribution in [1.29, 1.82) is 0 Å². The maximum absolute atomic E-state index is 12.3. The van der Waals surface area contributed by atoms with Crippen LogP contribution >= 0.6 is 0 Å². The molecule has 1 N–H and O–H groups in total. The first-order chi connectivity index (χ1) is 11.4. The average Bonchev–Trinajstić information content (AvgIpc) is 2.56. The van der Waals surface area contributed by atoms with Gasteiger partial charge < -0.3 is 15.0 Å². The molecule has 1 saturated heterocycles. The van der Waals surface area contributed by atoms with Crippen LogP contribution in [-0.4, -0.2) is 43.6 Å². The number of nitrogens with one attached hydrogen (secondary N) is 1. The van der Waals surface area contributed by atoms with Crippen LogP contribution in [0.3, 0.4) is 0 Å². The van der Waals surface area contributed by atoms with Crippen LogP contribution in [-0.2, 0) is 16.0 Å². The summed E-state index contributed by atoms with van der Waals surface area (Å²) in [6.07, 6.45) is 1.50. The number of aryl methyl sites for hydroxylation is 2. The van der Waals surface area contributed by atoms with Gasteiger partial charge in [-0.2, -0.15) is 0 Å². The molecule has 1 aliphatic rings. The lowest BCUT2D eigenvalue weighted by Gasteiger charge is -2.35. The van der Waals surface area contributed by atoms with Gasteiger partial charge in [-0.15, -0.1) is 0 Å². The van der Waals surface area contributed by atoms with Crippen LogP contribution in [0.25, 0.3) is 0 Å². The summed E-state index contributed by atoms with van der Waals surface area (Å²) in [6.45, 7) is 8.01. The van der Waals surface area contributed by atoms with Crippen LogP contribution in [0.15, 0.2) is 18.2 Å². The highest BCUT2D eigenvalue weighted by atomic mass is 16.5. The molecule has 5 heteroatoms. The summed E-state index contributed by atoms with van der Waals surface area (Å²) >= 11 is 0. The Bertz CT molecular complexity index is 580. The number of urea groups is 1. The van der Waals surface area contributed by atoms with Crippen LogP contribution < -0.4 is 5.32 Å². The van der Waals surface area contributed by atoms with Gasteiger partial charge in [0.05, 0.1) is 13.0 Å². The van der Waals surface area contributed by atoms with E-state index in [1.807, 2.05) is 6.92 Å². The third-order valence-electron chi connectivity index (χ3n) is 4.99. The monoisotopic (exact) mass is 332 g/mol. The zero-order valence-electron chi connectivity index (χ0n) is 15.1. The number of rotatable bonds is 4. The Labute approximate surface area is 144 Å². The molecule has 24 heavy (non-hydrogen) atoms. The SMILES string of the molecule is COC(=O)C1CCN(C(=O)NCCc2c(C)cccc2C)CC1C. The Hall–Kier alpha value is -2.04.